The maximum absolute atomic E-state index is 12.1. The van der Waals surface area contributed by atoms with Crippen LogP contribution in [-0.2, 0) is 4.79 Å². The standard InChI is InChI=1S/C14H26N2O/c1-12-11-16(10-9-15-12)14(17)8-7-13-5-3-2-4-6-13/h12-13,15H,2-11H2,1H3. The zero-order valence-electron chi connectivity index (χ0n) is 11.1. The van der Waals surface area contributed by atoms with Gasteiger partial charge in [-0.2, -0.15) is 0 Å². The molecular formula is C14H26N2O. The van der Waals surface area contributed by atoms with Gasteiger partial charge in [-0.1, -0.05) is 32.1 Å². The van der Waals surface area contributed by atoms with Crippen molar-refractivity contribution in [2.45, 2.75) is 57.9 Å². The lowest BCUT2D eigenvalue weighted by Gasteiger charge is -2.32. The number of hydrogen-bond acceptors (Lipinski definition) is 2. The summed E-state index contributed by atoms with van der Waals surface area (Å²) in [6.45, 7) is 4.90. The summed E-state index contributed by atoms with van der Waals surface area (Å²) in [4.78, 5) is 14.1. The Morgan fingerprint density at radius 2 is 2.06 bits per heavy atom. The molecule has 1 N–H and O–H groups in total. The van der Waals surface area contributed by atoms with E-state index in [1.165, 1.54) is 32.1 Å². The van der Waals surface area contributed by atoms with E-state index >= 15 is 0 Å². The average molecular weight is 238 g/mol. The molecule has 1 aliphatic carbocycles. The van der Waals surface area contributed by atoms with Gasteiger partial charge in [0.2, 0.25) is 5.91 Å². The molecule has 1 atom stereocenters. The second kappa shape index (κ2) is 6.39. The molecule has 0 aromatic heterocycles. The van der Waals surface area contributed by atoms with Crippen LogP contribution in [0.4, 0.5) is 0 Å². The number of amides is 1. The lowest BCUT2D eigenvalue weighted by atomic mass is 9.86. The Labute approximate surface area is 105 Å². The Morgan fingerprint density at radius 1 is 1.29 bits per heavy atom. The third kappa shape index (κ3) is 3.98. The second-order valence-electron chi connectivity index (χ2n) is 5.74. The van der Waals surface area contributed by atoms with Crippen molar-refractivity contribution in [3.8, 4) is 0 Å². The molecule has 1 unspecified atom stereocenters. The maximum Gasteiger partial charge on any atom is 0.222 e. The van der Waals surface area contributed by atoms with Crippen molar-refractivity contribution in [1.29, 1.82) is 0 Å². The highest BCUT2D eigenvalue weighted by atomic mass is 16.2. The molecule has 0 aromatic carbocycles. The van der Waals surface area contributed by atoms with Gasteiger partial charge in [0.1, 0.15) is 0 Å². The van der Waals surface area contributed by atoms with Gasteiger partial charge in [0.05, 0.1) is 0 Å². The summed E-state index contributed by atoms with van der Waals surface area (Å²) in [5.74, 6) is 1.21. The molecule has 3 heteroatoms. The summed E-state index contributed by atoms with van der Waals surface area (Å²) in [6, 6.07) is 0.461. The summed E-state index contributed by atoms with van der Waals surface area (Å²) in [5.41, 5.74) is 0. The highest BCUT2D eigenvalue weighted by Crippen LogP contribution is 2.27. The van der Waals surface area contributed by atoms with Crippen LogP contribution in [0.2, 0.25) is 0 Å². The van der Waals surface area contributed by atoms with Crippen LogP contribution >= 0.6 is 0 Å². The van der Waals surface area contributed by atoms with E-state index in [1.807, 2.05) is 4.90 Å². The summed E-state index contributed by atoms with van der Waals surface area (Å²) >= 11 is 0. The van der Waals surface area contributed by atoms with Gasteiger partial charge in [-0.15, -0.1) is 0 Å². The van der Waals surface area contributed by atoms with E-state index in [4.69, 9.17) is 0 Å². The highest BCUT2D eigenvalue weighted by molar-refractivity contribution is 5.76. The number of nitrogens with one attached hydrogen (secondary N) is 1. The van der Waals surface area contributed by atoms with Crippen LogP contribution in [0.1, 0.15) is 51.9 Å². The fraction of sp³-hybridized carbons (Fsp3) is 0.929. The third-order valence-corrected chi connectivity index (χ3v) is 4.21. The van der Waals surface area contributed by atoms with Gasteiger partial charge in [0.25, 0.3) is 0 Å². The summed E-state index contributed by atoms with van der Waals surface area (Å²) in [7, 11) is 0. The third-order valence-electron chi connectivity index (χ3n) is 4.21. The van der Waals surface area contributed by atoms with Crippen molar-refractivity contribution in [2.75, 3.05) is 19.6 Å². The lowest BCUT2D eigenvalue weighted by Crippen LogP contribution is -2.51. The molecule has 98 valence electrons. The first-order valence-electron chi connectivity index (χ1n) is 7.27. The van der Waals surface area contributed by atoms with Gasteiger partial charge in [0, 0.05) is 32.1 Å². The van der Waals surface area contributed by atoms with Gasteiger partial charge >= 0.3 is 0 Å². The van der Waals surface area contributed by atoms with E-state index < -0.39 is 0 Å². The van der Waals surface area contributed by atoms with Crippen LogP contribution in [0.15, 0.2) is 0 Å². The molecule has 3 nitrogen and oxygen atoms in total. The SMILES string of the molecule is CC1CN(C(=O)CCC2CCCCC2)CCN1. The van der Waals surface area contributed by atoms with Gasteiger partial charge in [0.15, 0.2) is 0 Å². The van der Waals surface area contributed by atoms with E-state index in [-0.39, 0.29) is 0 Å². The van der Waals surface area contributed by atoms with Crippen molar-refractivity contribution >= 4 is 5.91 Å². The van der Waals surface area contributed by atoms with E-state index in [0.717, 1.165) is 38.4 Å². The molecule has 1 heterocycles. The molecular weight excluding hydrogens is 212 g/mol. The highest BCUT2D eigenvalue weighted by Gasteiger charge is 2.21. The smallest absolute Gasteiger partial charge is 0.222 e. The van der Waals surface area contributed by atoms with Crippen LogP contribution in [0, 0.1) is 5.92 Å². The van der Waals surface area contributed by atoms with E-state index in [2.05, 4.69) is 12.2 Å². The van der Waals surface area contributed by atoms with Crippen molar-refractivity contribution in [1.82, 2.24) is 10.2 Å². The van der Waals surface area contributed by atoms with Crippen molar-refractivity contribution in [3.63, 3.8) is 0 Å². The van der Waals surface area contributed by atoms with Crippen molar-refractivity contribution in [2.24, 2.45) is 5.92 Å². The van der Waals surface area contributed by atoms with Crippen LogP contribution in [0.5, 0.6) is 0 Å². The fourth-order valence-electron chi connectivity index (χ4n) is 3.12. The number of carbonyl (C=O) groups excluding carboxylic acids is 1. The minimum absolute atomic E-state index is 0.379. The molecule has 1 saturated carbocycles. The molecule has 0 bridgehead atoms. The summed E-state index contributed by atoms with van der Waals surface area (Å²) in [5, 5.41) is 3.38. The number of nitrogens with zero attached hydrogens (tertiary/aromatic N) is 1. The zero-order valence-corrected chi connectivity index (χ0v) is 11.1. The Bertz CT molecular complexity index is 249. The van der Waals surface area contributed by atoms with Crippen LogP contribution in [-0.4, -0.2) is 36.5 Å². The predicted molar refractivity (Wildman–Crippen MR) is 69.9 cm³/mol. The van der Waals surface area contributed by atoms with E-state index in [9.17, 15) is 4.79 Å². The largest absolute Gasteiger partial charge is 0.340 e. The van der Waals surface area contributed by atoms with Gasteiger partial charge < -0.3 is 10.2 Å². The minimum atomic E-state index is 0.379. The molecule has 17 heavy (non-hydrogen) atoms. The number of hydrogen-bond donors (Lipinski definition) is 1. The Balaban J connectivity index is 1.69. The first kappa shape index (κ1) is 12.9. The topological polar surface area (TPSA) is 32.3 Å². The lowest BCUT2D eigenvalue weighted by molar-refractivity contribution is -0.132. The molecule has 1 amide bonds. The summed E-state index contributed by atoms with van der Waals surface area (Å²) in [6.07, 6.45) is 8.76. The fourth-order valence-corrected chi connectivity index (χ4v) is 3.12. The first-order valence-corrected chi connectivity index (χ1v) is 7.27. The van der Waals surface area contributed by atoms with Gasteiger partial charge in [-0.05, 0) is 19.3 Å². The van der Waals surface area contributed by atoms with Crippen LogP contribution < -0.4 is 5.32 Å². The zero-order chi connectivity index (χ0) is 12.1. The van der Waals surface area contributed by atoms with Crippen LogP contribution in [0.25, 0.3) is 0 Å². The molecule has 0 radical (unpaired) electrons. The molecule has 0 spiro atoms. The summed E-state index contributed by atoms with van der Waals surface area (Å²) < 4.78 is 0. The van der Waals surface area contributed by atoms with Crippen molar-refractivity contribution < 1.29 is 4.79 Å². The van der Waals surface area contributed by atoms with E-state index in [1.54, 1.807) is 0 Å². The molecule has 1 aliphatic heterocycles. The van der Waals surface area contributed by atoms with Gasteiger partial charge in [-0.3, -0.25) is 4.79 Å². The molecule has 2 fully saturated rings. The average Bonchev–Trinajstić information content (AvgIpc) is 2.37. The maximum atomic E-state index is 12.1. The number of piperazine rings is 1. The molecule has 1 saturated heterocycles. The molecule has 2 aliphatic rings. The first-order chi connectivity index (χ1) is 8.25. The molecule has 0 aromatic rings. The second-order valence-corrected chi connectivity index (χ2v) is 5.74. The van der Waals surface area contributed by atoms with Crippen molar-refractivity contribution in [3.05, 3.63) is 0 Å². The molecule has 2 rings (SSSR count). The minimum Gasteiger partial charge on any atom is -0.340 e. The Kier molecular flexibility index (Phi) is 4.84. The number of carbonyl (C=O) groups is 1. The predicted octanol–water partition coefficient (Wildman–Crippen LogP) is 2.17. The Hall–Kier alpha value is -0.570. The van der Waals surface area contributed by atoms with E-state index in [0.29, 0.717) is 11.9 Å². The van der Waals surface area contributed by atoms with Crippen LogP contribution in [0.3, 0.4) is 0 Å². The van der Waals surface area contributed by atoms with Gasteiger partial charge in [-0.25, -0.2) is 0 Å². The quantitative estimate of drug-likeness (QED) is 0.817. The monoisotopic (exact) mass is 238 g/mol. The normalized spacial score (nSPS) is 27.1. The number of rotatable bonds is 3. The Morgan fingerprint density at radius 3 is 2.76 bits per heavy atom.